The molecule has 0 bridgehead atoms. The van der Waals surface area contributed by atoms with Crippen LogP contribution in [-0.4, -0.2) is 5.78 Å². The Labute approximate surface area is 204 Å². The number of benzene rings is 1. The molecule has 2 saturated carbocycles. The maximum atomic E-state index is 13.0. The minimum absolute atomic E-state index is 0.0814. The molecule has 4 aliphatic carbocycles. The molecule has 6 rings (SSSR count). The molecule has 5 atom stereocenters. The normalized spacial score (nSPS) is 33.8. The SMILES string of the molecule is C[C@]12CCC(=O)C=C1CC[C@@H]1[C@@H]2CC[C@]2(C)c3c(c(-c4ccc(Cl)cc4)oc(=O)c3C#N)C[C@@H]12. The van der Waals surface area contributed by atoms with E-state index in [0.29, 0.717) is 35.0 Å². The number of nitriles is 1. The molecule has 1 aromatic carbocycles. The van der Waals surface area contributed by atoms with E-state index in [9.17, 15) is 14.9 Å². The number of allylic oxidation sites excluding steroid dienone is 2. The first-order valence-electron chi connectivity index (χ1n) is 12.4. The molecule has 174 valence electrons. The highest BCUT2D eigenvalue weighted by atomic mass is 35.5. The van der Waals surface area contributed by atoms with Crippen LogP contribution in [0.25, 0.3) is 11.3 Å². The Morgan fingerprint density at radius 2 is 1.79 bits per heavy atom. The number of fused-ring (bicyclic) bond motifs is 7. The van der Waals surface area contributed by atoms with Gasteiger partial charge in [-0.2, -0.15) is 5.26 Å². The average molecular weight is 474 g/mol. The molecule has 0 amide bonds. The average Bonchev–Trinajstić information content (AvgIpc) is 3.13. The van der Waals surface area contributed by atoms with E-state index in [4.69, 9.17) is 16.0 Å². The third-order valence-electron chi connectivity index (χ3n) is 9.79. The molecule has 4 nitrogen and oxygen atoms in total. The van der Waals surface area contributed by atoms with Crippen molar-refractivity contribution < 1.29 is 9.21 Å². The van der Waals surface area contributed by atoms with Crippen LogP contribution < -0.4 is 5.63 Å². The summed E-state index contributed by atoms with van der Waals surface area (Å²) in [6.45, 7) is 4.64. The van der Waals surface area contributed by atoms with E-state index < -0.39 is 5.63 Å². The van der Waals surface area contributed by atoms with Crippen molar-refractivity contribution in [2.24, 2.45) is 23.2 Å². The summed E-state index contributed by atoms with van der Waals surface area (Å²) in [5, 5.41) is 10.6. The maximum Gasteiger partial charge on any atom is 0.354 e. The summed E-state index contributed by atoms with van der Waals surface area (Å²) < 4.78 is 5.80. The Morgan fingerprint density at radius 1 is 1.03 bits per heavy atom. The minimum atomic E-state index is -0.540. The number of halogens is 1. The van der Waals surface area contributed by atoms with Gasteiger partial charge in [-0.1, -0.05) is 31.0 Å². The van der Waals surface area contributed by atoms with Gasteiger partial charge in [-0.05, 0) is 103 Å². The number of carbonyl (C=O) groups is 1. The minimum Gasteiger partial charge on any atom is -0.421 e. The number of ketones is 1. The first kappa shape index (κ1) is 21.9. The van der Waals surface area contributed by atoms with E-state index in [1.807, 2.05) is 18.2 Å². The van der Waals surface area contributed by atoms with Crippen molar-refractivity contribution in [2.45, 2.75) is 64.2 Å². The number of carbonyl (C=O) groups excluding carboxylic acids is 1. The van der Waals surface area contributed by atoms with Gasteiger partial charge in [-0.25, -0.2) is 4.79 Å². The van der Waals surface area contributed by atoms with Crippen molar-refractivity contribution in [1.82, 2.24) is 0 Å². The van der Waals surface area contributed by atoms with Crippen molar-refractivity contribution in [1.29, 1.82) is 5.26 Å². The van der Waals surface area contributed by atoms with Gasteiger partial charge >= 0.3 is 5.63 Å². The zero-order valence-corrected chi connectivity index (χ0v) is 20.4. The molecule has 2 aromatic rings. The summed E-state index contributed by atoms with van der Waals surface area (Å²) in [5.74, 6) is 2.25. The van der Waals surface area contributed by atoms with Crippen LogP contribution in [0.5, 0.6) is 0 Å². The van der Waals surface area contributed by atoms with Gasteiger partial charge in [0.05, 0.1) is 0 Å². The van der Waals surface area contributed by atoms with Crippen molar-refractivity contribution in [3.05, 3.63) is 68.0 Å². The summed E-state index contributed by atoms with van der Waals surface area (Å²) in [6.07, 6.45) is 8.37. The number of nitrogens with zero attached hydrogens (tertiary/aromatic N) is 1. The van der Waals surface area contributed by atoms with Crippen LogP contribution in [-0.2, 0) is 16.6 Å². The van der Waals surface area contributed by atoms with E-state index >= 15 is 0 Å². The first-order valence-corrected chi connectivity index (χ1v) is 12.7. The zero-order valence-electron chi connectivity index (χ0n) is 19.6. The second kappa shape index (κ2) is 7.43. The molecular formula is C29H28ClNO3. The Balaban J connectivity index is 1.49. The lowest BCUT2D eigenvalue weighted by atomic mass is 9.47. The molecule has 0 N–H and O–H groups in total. The molecule has 2 fully saturated rings. The number of hydrogen-bond acceptors (Lipinski definition) is 4. The second-order valence-corrected chi connectivity index (χ2v) is 11.6. The van der Waals surface area contributed by atoms with Gasteiger partial charge in [0.1, 0.15) is 17.4 Å². The highest BCUT2D eigenvalue weighted by Gasteiger charge is 2.59. The van der Waals surface area contributed by atoms with E-state index in [-0.39, 0.29) is 22.2 Å². The van der Waals surface area contributed by atoms with Crippen molar-refractivity contribution in [2.75, 3.05) is 0 Å². The van der Waals surface area contributed by atoms with Gasteiger partial charge < -0.3 is 4.42 Å². The lowest BCUT2D eigenvalue weighted by Gasteiger charge is -2.57. The van der Waals surface area contributed by atoms with E-state index in [2.05, 4.69) is 19.9 Å². The Kier molecular flexibility index (Phi) is 4.78. The summed E-state index contributed by atoms with van der Waals surface area (Å²) in [6, 6.07) is 9.58. The second-order valence-electron chi connectivity index (χ2n) is 11.2. The third kappa shape index (κ3) is 2.89. The molecule has 0 aliphatic heterocycles. The van der Waals surface area contributed by atoms with Crippen LogP contribution in [0.4, 0.5) is 0 Å². The van der Waals surface area contributed by atoms with E-state index in [1.54, 1.807) is 12.1 Å². The lowest BCUT2D eigenvalue weighted by molar-refractivity contribution is -0.117. The summed E-state index contributed by atoms with van der Waals surface area (Å²) >= 11 is 6.11. The van der Waals surface area contributed by atoms with Crippen molar-refractivity contribution in [3.63, 3.8) is 0 Å². The maximum absolute atomic E-state index is 13.0. The zero-order chi connectivity index (χ0) is 23.8. The topological polar surface area (TPSA) is 71.1 Å². The molecular weight excluding hydrogens is 446 g/mol. The molecule has 0 spiro atoms. The quantitative estimate of drug-likeness (QED) is 0.482. The lowest BCUT2D eigenvalue weighted by Crippen LogP contribution is -2.51. The molecule has 4 aliphatic rings. The van der Waals surface area contributed by atoms with Gasteiger partial charge in [-0.15, -0.1) is 0 Å². The van der Waals surface area contributed by atoms with E-state index in [0.717, 1.165) is 55.2 Å². The Bertz CT molecular complexity index is 1350. The van der Waals surface area contributed by atoms with Gasteiger partial charge in [0.2, 0.25) is 0 Å². The van der Waals surface area contributed by atoms with Crippen molar-refractivity contribution in [3.8, 4) is 17.4 Å². The monoisotopic (exact) mass is 473 g/mol. The summed E-state index contributed by atoms with van der Waals surface area (Å²) in [5.41, 5.74) is 3.62. The first-order chi connectivity index (χ1) is 16.3. The van der Waals surface area contributed by atoms with Crippen LogP contribution in [0.1, 0.15) is 69.1 Å². The molecule has 0 radical (unpaired) electrons. The molecule has 0 unspecified atom stereocenters. The molecule has 34 heavy (non-hydrogen) atoms. The molecule has 0 saturated heterocycles. The Hall–Kier alpha value is -2.64. The van der Waals surface area contributed by atoms with Crippen LogP contribution in [0.2, 0.25) is 5.02 Å². The molecule has 1 aromatic heterocycles. The molecule has 5 heteroatoms. The Morgan fingerprint density at radius 3 is 2.53 bits per heavy atom. The van der Waals surface area contributed by atoms with Gasteiger partial charge in [0.15, 0.2) is 5.78 Å². The number of rotatable bonds is 1. The van der Waals surface area contributed by atoms with Crippen LogP contribution in [0.3, 0.4) is 0 Å². The molecule has 1 heterocycles. The largest absolute Gasteiger partial charge is 0.421 e. The fraction of sp³-hybridized carbons (Fsp3) is 0.483. The van der Waals surface area contributed by atoms with Crippen LogP contribution >= 0.6 is 11.6 Å². The summed E-state index contributed by atoms with van der Waals surface area (Å²) in [7, 11) is 0. The fourth-order valence-corrected chi connectivity index (χ4v) is 8.25. The van der Waals surface area contributed by atoms with Crippen molar-refractivity contribution >= 4 is 17.4 Å². The predicted molar refractivity (Wildman–Crippen MR) is 131 cm³/mol. The van der Waals surface area contributed by atoms with Gasteiger partial charge in [0, 0.05) is 22.6 Å². The van der Waals surface area contributed by atoms with E-state index in [1.165, 1.54) is 5.57 Å². The van der Waals surface area contributed by atoms with Crippen LogP contribution in [0.15, 0.2) is 45.1 Å². The highest BCUT2D eigenvalue weighted by Crippen LogP contribution is 2.65. The standard InChI is InChI=1S/C29H28ClNO3/c1-28-11-9-19(32)13-17(28)5-8-20-23(28)10-12-29(2)24(20)14-21-25(29)22(15-31)27(33)34-26(21)16-3-6-18(30)7-4-16/h3-4,6-7,13,20,23-24H,5,8-12,14H2,1-2H3/t20-,23+,24+,28+,29+/m1/s1. The highest BCUT2D eigenvalue weighted by molar-refractivity contribution is 6.30. The third-order valence-corrected chi connectivity index (χ3v) is 10.0. The fourth-order valence-electron chi connectivity index (χ4n) is 8.12. The predicted octanol–water partition coefficient (Wildman–Crippen LogP) is 6.38. The van der Waals surface area contributed by atoms with Gasteiger partial charge in [0.25, 0.3) is 0 Å². The number of hydrogen-bond donors (Lipinski definition) is 0. The smallest absolute Gasteiger partial charge is 0.354 e. The van der Waals surface area contributed by atoms with Crippen LogP contribution in [0, 0.1) is 34.5 Å². The summed E-state index contributed by atoms with van der Waals surface area (Å²) in [4.78, 5) is 25.1. The van der Waals surface area contributed by atoms with Gasteiger partial charge in [-0.3, -0.25) is 4.79 Å².